The molecule has 1 aliphatic carbocycles. The predicted octanol–water partition coefficient (Wildman–Crippen LogP) is 2.60. The highest BCUT2D eigenvalue weighted by molar-refractivity contribution is 5.81. The molecule has 3 atom stereocenters. The molecular formula is C15H18N2O. The molecule has 3 unspecified atom stereocenters. The molecule has 0 heterocycles. The number of carbonyl (C=O) groups is 1. The standard InChI is InChI=1S/C15H18N2O/c1-2-6-12(10-16)15(18)17-14-9-13(14)11-7-4-3-5-8-11/h3-5,7-8,12-14H,2,6,9H2,1H3,(H,17,18). The van der Waals surface area contributed by atoms with Crippen molar-refractivity contribution < 1.29 is 4.79 Å². The first-order chi connectivity index (χ1) is 8.76. The summed E-state index contributed by atoms with van der Waals surface area (Å²) in [4.78, 5) is 11.9. The van der Waals surface area contributed by atoms with E-state index in [0.717, 1.165) is 12.8 Å². The van der Waals surface area contributed by atoms with Crippen LogP contribution in [0.2, 0.25) is 0 Å². The fraction of sp³-hybridized carbons (Fsp3) is 0.467. The molecule has 1 amide bonds. The lowest BCUT2D eigenvalue weighted by Crippen LogP contribution is -2.32. The molecule has 0 saturated heterocycles. The number of carbonyl (C=O) groups excluding carboxylic acids is 1. The van der Waals surface area contributed by atoms with Gasteiger partial charge in [-0.2, -0.15) is 5.26 Å². The molecule has 0 aromatic heterocycles. The Morgan fingerprint density at radius 2 is 2.22 bits per heavy atom. The number of benzene rings is 1. The third-order valence-corrected chi connectivity index (χ3v) is 3.40. The normalized spacial score (nSPS) is 22.9. The van der Waals surface area contributed by atoms with Gasteiger partial charge in [0, 0.05) is 12.0 Å². The van der Waals surface area contributed by atoms with Crippen molar-refractivity contribution in [2.24, 2.45) is 5.92 Å². The smallest absolute Gasteiger partial charge is 0.237 e. The Balaban J connectivity index is 1.86. The fourth-order valence-electron chi connectivity index (χ4n) is 2.25. The summed E-state index contributed by atoms with van der Waals surface area (Å²) in [7, 11) is 0. The van der Waals surface area contributed by atoms with Crippen molar-refractivity contribution >= 4 is 5.91 Å². The molecule has 18 heavy (non-hydrogen) atoms. The maximum atomic E-state index is 11.9. The summed E-state index contributed by atoms with van der Waals surface area (Å²) < 4.78 is 0. The van der Waals surface area contributed by atoms with Crippen LogP contribution in [0.25, 0.3) is 0 Å². The zero-order chi connectivity index (χ0) is 13.0. The molecule has 0 spiro atoms. The third kappa shape index (κ3) is 2.89. The van der Waals surface area contributed by atoms with Gasteiger partial charge in [-0.1, -0.05) is 43.7 Å². The summed E-state index contributed by atoms with van der Waals surface area (Å²) in [6.07, 6.45) is 2.49. The number of nitrogens with one attached hydrogen (secondary N) is 1. The second kappa shape index (κ2) is 5.68. The minimum Gasteiger partial charge on any atom is -0.352 e. The Hall–Kier alpha value is -1.82. The van der Waals surface area contributed by atoms with Crippen LogP contribution in [0.15, 0.2) is 30.3 Å². The van der Waals surface area contributed by atoms with Crippen LogP contribution in [-0.2, 0) is 4.79 Å². The summed E-state index contributed by atoms with van der Waals surface area (Å²) in [5, 5.41) is 11.9. The van der Waals surface area contributed by atoms with E-state index in [0.29, 0.717) is 12.3 Å². The van der Waals surface area contributed by atoms with E-state index in [1.54, 1.807) is 0 Å². The SMILES string of the molecule is CCCC(C#N)C(=O)NC1CC1c1ccccc1. The monoisotopic (exact) mass is 242 g/mol. The van der Waals surface area contributed by atoms with Crippen LogP contribution < -0.4 is 5.32 Å². The zero-order valence-electron chi connectivity index (χ0n) is 10.6. The zero-order valence-corrected chi connectivity index (χ0v) is 10.6. The van der Waals surface area contributed by atoms with E-state index in [9.17, 15) is 4.79 Å². The van der Waals surface area contributed by atoms with Crippen molar-refractivity contribution in [3.8, 4) is 6.07 Å². The van der Waals surface area contributed by atoms with Crippen molar-refractivity contribution in [1.82, 2.24) is 5.32 Å². The second-order valence-corrected chi connectivity index (χ2v) is 4.84. The van der Waals surface area contributed by atoms with Gasteiger partial charge in [0.05, 0.1) is 6.07 Å². The Kier molecular flexibility index (Phi) is 3.99. The van der Waals surface area contributed by atoms with E-state index in [1.165, 1.54) is 5.56 Å². The fourth-order valence-corrected chi connectivity index (χ4v) is 2.25. The molecule has 0 bridgehead atoms. The van der Waals surface area contributed by atoms with E-state index < -0.39 is 5.92 Å². The average Bonchev–Trinajstić information content (AvgIpc) is 3.16. The Morgan fingerprint density at radius 3 is 2.83 bits per heavy atom. The summed E-state index contributed by atoms with van der Waals surface area (Å²) in [5.74, 6) is -0.175. The minimum absolute atomic E-state index is 0.109. The predicted molar refractivity (Wildman–Crippen MR) is 69.7 cm³/mol. The number of amides is 1. The van der Waals surface area contributed by atoms with Crippen molar-refractivity contribution in [3.05, 3.63) is 35.9 Å². The first-order valence-corrected chi connectivity index (χ1v) is 6.51. The molecule has 1 fully saturated rings. The highest BCUT2D eigenvalue weighted by atomic mass is 16.2. The summed E-state index contributed by atoms with van der Waals surface area (Å²) in [6.45, 7) is 1.99. The number of hydrogen-bond donors (Lipinski definition) is 1. The van der Waals surface area contributed by atoms with Gasteiger partial charge < -0.3 is 5.32 Å². The number of rotatable bonds is 5. The summed E-state index contributed by atoms with van der Waals surface area (Å²) >= 11 is 0. The van der Waals surface area contributed by atoms with Crippen LogP contribution in [0.1, 0.15) is 37.7 Å². The van der Waals surface area contributed by atoms with E-state index >= 15 is 0 Å². The van der Waals surface area contributed by atoms with Crippen molar-refractivity contribution in [2.45, 2.75) is 38.1 Å². The Bertz CT molecular complexity index is 449. The van der Waals surface area contributed by atoms with Crippen molar-refractivity contribution in [1.29, 1.82) is 5.26 Å². The van der Waals surface area contributed by atoms with Crippen LogP contribution in [0, 0.1) is 17.2 Å². The van der Waals surface area contributed by atoms with Crippen LogP contribution in [-0.4, -0.2) is 11.9 Å². The number of nitriles is 1. The minimum atomic E-state index is -0.493. The van der Waals surface area contributed by atoms with Gasteiger partial charge in [0.1, 0.15) is 5.92 Å². The highest BCUT2D eigenvalue weighted by Gasteiger charge is 2.40. The lowest BCUT2D eigenvalue weighted by atomic mass is 10.0. The molecule has 94 valence electrons. The number of hydrogen-bond acceptors (Lipinski definition) is 2. The van der Waals surface area contributed by atoms with Crippen LogP contribution in [0.4, 0.5) is 0 Å². The van der Waals surface area contributed by atoms with E-state index in [-0.39, 0.29) is 11.9 Å². The molecule has 1 aromatic carbocycles. The van der Waals surface area contributed by atoms with Gasteiger partial charge >= 0.3 is 0 Å². The maximum Gasteiger partial charge on any atom is 0.237 e. The van der Waals surface area contributed by atoms with Gasteiger partial charge in [-0.3, -0.25) is 4.79 Å². The molecule has 1 saturated carbocycles. The molecule has 3 nitrogen and oxygen atoms in total. The third-order valence-electron chi connectivity index (χ3n) is 3.40. The van der Waals surface area contributed by atoms with Gasteiger partial charge in [0.2, 0.25) is 5.91 Å². The summed E-state index contributed by atoms with van der Waals surface area (Å²) in [5.41, 5.74) is 1.27. The molecule has 1 aliphatic rings. The first-order valence-electron chi connectivity index (χ1n) is 6.51. The topological polar surface area (TPSA) is 52.9 Å². The first kappa shape index (κ1) is 12.6. The molecule has 0 aliphatic heterocycles. The van der Waals surface area contributed by atoms with Crippen molar-refractivity contribution in [2.75, 3.05) is 0 Å². The van der Waals surface area contributed by atoms with Gasteiger partial charge in [-0.05, 0) is 18.4 Å². The summed E-state index contributed by atoms with van der Waals surface area (Å²) in [6, 6.07) is 12.5. The molecule has 3 heteroatoms. The van der Waals surface area contributed by atoms with Crippen molar-refractivity contribution in [3.63, 3.8) is 0 Å². The van der Waals surface area contributed by atoms with Gasteiger partial charge in [-0.25, -0.2) is 0 Å². The molecule has 1 aromatic rings. The van der Waals surface area contributed by atoms with Crippen LogP contribution in [0.5, 0.6) is 0 Å². The largest absolute Gasteiger partial charge is 0.352 e. The average molecular weight is 242 g/mol. The lowest BCUT2D eigenvalue weighted by Gasteiger charge is -2.08. The molecule has 1 N–H and O–H groups in total. The van der Waals surface area contributed by atoms with Gasteiger partial charge in [-0.15, -0.1) is 0 Å². The van der Waals surface area contributed by atoms with E-state index in [2.05, 4.69) is 23.5 Å². The van der Waals surface area contributed by atoms with E-state index in [4.69, 9.17) is 5.26 Å². The Morgan fingerprint density at radius 1 is 1.50 bits per heavy atom. The van der Waals surface area contributed by atoms with Gasteiger partial charge in [0.15, 0.2) is 0 Å². The molecule has 2 rings (SSSR count). The highest BCUT2D eigenvalue weighted by Crippen LogP contribution is 2.40. The van der Waals surface area contributed by atoms with E-state index in [1.807, 2.05) is 25.1 Å². The van der Waals surface area contributed by atoms with Crippen LogP contribution in [0.3, 0.4) is 0 Å². The maximum absolute atomic E-state index is 11.9. The molecular weight excluding hydrogens is 224 g/mol. The number of nitrogens with zero attached hydrogens (tertiary/aromatic N) is 1. The van der Waals surface area contributed by atoms with Crippen LogP contribution >= 0.6 is 0 Å². The quantitative estimate of drug-likeness (QED) is 0.862. The molecule has 0 radical (unpaired) electrons. The lowest BCUT2D eigenvalue weighted by molar-refractivity contribution is -0.123. The Labute approximate surface area is 108 Å². The second-order valence-electron chi connectivity index (χ2n) is 4.84. The van der Waals surface area contributed by atoms with Gasteiger partial charge in [0.25, 0.3) is 0 Å².